The zero-order valence-electron chi connectivity index (χ0n) is 13.7. The van der Waals surface area contributed by atoms with Crippen LogP contribution in [0.15, 0.2) is 60.7 Å². The Morgan fingerprint density at radius 2 is 1.46 bits per heavy atom. The normalized spacial score (nSPS) is 12.8. The maximum Gasteiger partial charge on any atom is 0.186 e. The first-order valence-corrected chi connectivity index (χ1v) is 8.06. The molecule has 0 saturated heterocycles. The molecule has 4 aromatic carbocycles. The molecule has 0 fully saturated rings. The van der Waals surface area contributed by atoms with E-state index in [9.17, 15) is 9.90 Å². The molecule has 4 aromatic rings. The Balaban J connectivity index is 1.98. The van der Waals surface area contributed by atoms with E-state index >= 15 is 0 Å². The average molecular weight is 314 g/mol. The molecule has 2 nitrogen and oxygen atoms in total. The van der Waals surface area contributed by atoms with Crippen LogP contribution in [0.3, 0.4) is 0 Å². The van der Waals surface area contributed by atoms with E-state index in [-0.39, 0.29) is 5.78 Å². The molecule has 4 rings (SSSR count). The van der Waals surface area contributed by atoms with Gasteiger partial charge in [0.1, 0.15) is 5.60 Å². The highest BCUT2D eigenvalue weighted by Gasteiger charge is 2.20. The number of hydrogen-bond donors (Lipinski definition) is 1. The summed E-state index contributed by atoms with van der Waals surface area (Å²) in [6, 6.07) is 19.0. The molecule has 2 heteroatoms. The predicted octanol–water partition coefficient (Wildman–Crippen LogP) is 4.94. The minimum Gasteiger partial charge on any atom is -0.382 e. The number of rotatable bonds is 3. The van der Waals surface area contributed by atoms with Crippen molar-refractivity contribution in [3.8, 4) is 0 Å². The van der Waals surface area contributed by atoms with Crippen LogP contribution >= 0.6 is 0 Å². The molecule has 1 N–H and O–H groups in total. The molecule has 0 unspecified atom stereocenters. The quantitative estimate of drug-likeness (QED) is 0.430. The lowest BCUT2D eigenvalue weighted by Gasteiger charge is -2.13. The molecule has 0 aliphatic heterocycles. The Kier molecular flexibility index (Phi) is 3.19. The van der Waals surface area contributed by atoms with Gasteiger partial charge in [-0.15, -0.1) is 0 Å². The minimum atomic E-state index is -1.35. The van der Waals surface area contributed by atoms with Crippen LogP contribution in [0.2, 0.25) is 0 Å². The molecule has 0 aliphatic rings. The van der Waals surface area contributed by atoms with Gasteiger partial charge in [-0.1, -0.05) is 60.7 Å². The Bertz CT molecular complexity index is 1080. The Hall–Kier alpha value is -2.71. The van der Waals surface area contributed by atoms with Crippen molar-refractivity contribution >= 4 is 44.2 Å². The third-order valence-corrected chi connectivity index (χ3v) is 4.58. The van der Waals surface area contributed by atoms with E-state index in [1.165, 1.54) is 46.9 Å². The Morgan fingerprint density at radius 3 is 2.12 bits per heavy atom. The highest BCUT2D eigenvalue weighted by atomic mass is 16.3. The average Bonchev–Trinajstić information content (AvgIpc) is 2.57. The molecule has 0 amide bonds. The zero-order chi connectivity index (χ0) is 16.9. The van der Waals surface area contributed by atoms with Crippen LogP contribution in [0.5, 0.6) is 0 Å². The number of aliphatic hydroxyl groups is 1. The molecular formula is C22H18O2. The summed E-state index contributed by atoms with van der Waals surface area (Å²) >= 11 is 0. The van der Waals surface area contributed by atoms with E-state index in [1.54, 1.807) is 6.08 Å². The fourth-order valence-electron chi connectivity index (χ4n) is 3.27. The van der Waals surface area contributed by atoms with Crippen LogP contribution in [0, 0.1) is 0 Å². The second-order valence-corrected chi connectivity index (χ2v) is 6.77. The van der Waals surface area contributed by atoms with Gasteiger partial charge in [-0.05, 0) is 57.8 Å². The molecular weight excluding hydrogens is 296 g/mol. The second-order valence-electron chi connectivity index (χ2n) is 6.77. The molecule has 118 valence electrons. The number of carbonyl (C=O) groups is 1. The lowest BCUT2D eigenvalue weighted by molar-refractivity contribution is -0.128. The monoisotopic (exact) mass is 314 g/mol. The SMILES string of the molecule is CC(C)(O)C(=O)C=Cc1ccc2ccc3cccc4ccc1c2c34. The summed E-state index contributed by atoms with van der Waals surface area (Å²) in [6.45, 7) is 3.01. The Labute approximate surface area is 140 Å². The third kappa shape index (κ3) is 2.27. The van der Waals surface area contributed by atoms with E-state index in [0.717, 1.165) is 10.9 Å². The summed E-state index contributed by atoms with van der Waals surface area (Å²) in [7, 11) is 0. The van der Waals surface area contributed by atoms with Gasteiger partial charge >= 0.3 is 0 Å². The van der Waals surface area contributed by atoms with Gasteiger partial charge in [0.25, 0.3) is 0 Å². The van der Waals surface area contributed by atoms with Crippen molar-refractivity contribution in [3.63, 3.8) is 0 Å². The van der Waals surface area contributed by atoms with E-state index in [0.29, 0.717) is 0 Å². The molecule has 0 spiro atoms. The van der Waals surface area contributed by atoms with Crippen molar-refractivity contribution < 1.29 is 9.90 Å². The minimum absolute atomic E-state index is 0.298. The van der Waals surface area contributed by atoms with Crippen LogP contribution in [-0.4, -0.2) is 16.5 Å². The highest BCUT2D eigenvalue weighted by Crippen LogP contribution is 2.36. The Morgan fingerprint density at radius 1 is 0.875 bits per heavy atom. The van der Waals surface area contributed by atoms with Crippen LogP contribution in [0.1, 0.15) is 19.4 Å². The molecule has 0 aliphatic carbocycles. The van der Waals surface area contributed by atoms with Gasteiger partial charge < -0.3 is 5.11 Å². The number of carbonyl (C=O) groups excluding carboxylic acids is 1. The van der Waals surface area contributed by atoms with Crippen LogP contribution in [0.25, 0.3) is 38.4 Å². The summed E-state index contributed by atoms with van der Waals surface area (Å²) in [5.41, 5.74) is -0.362. The van der Waals surface area contributed by atoms with Gasteiger partial charge in [0.15, 0.2) is 5.78 Å². The van der Waals surface area contributed by atoms with Gasteiger partial charge in [0, 0.05) is 0 Å². The number of benzene rings is 4. The fraction of sp³-hybridized carbons (Fsp3) is 0.136. The predicted molar refractivity (Wildman–Crippen MR) is 100 cm³/mol. The molecule has 0 atom stereocenters. The lowest BCUT2D eigenvalue weighted by atomic mass is 9.91. The summed E-state index contributed by atoms with van der Waals surface area (Å²) < 4.78 is 0. The maximum absolute atomic E-state index is 12.0. The van der Waals surface area contributed by atoms with Gasteiger partial charge in [-0.2, -0.15) is 0 Å². The summed E-state index contributed by atoms with van der Waals surface area (Å²) in [5, 5.41) is 17.0. The van der Waals surface area contributed by atoms with Crippen molar-refractivity contribution in [1.29, 1.82) is 0 Å². The molecule has 0 bridgehead atoms. The molecule has 0 saturated carbocycles. The van der Waals surface area contributed by atoms with E-state index in [4.69, 9.17) is 0 Å². The van der Waals surface area contributed by atoms with Crippen LogP contribution < -0.4 is 0 Å². The first kappa shape index (κ1) is 14.9. The standard InChI is InChI=1S/C22H18O2/c1-22(2,24)19(23)13-11-14-6-7-17-9-8-15-4-3-5-16-10-12-18(14)21(17)20(15)16/h3-13,24H,1-2H3. The molecule has 0 radical (unpaired) electrons. The topological polar surface area (TPSA) is 37.3 Å². The summed E-state index contributed by atoms with van der Waals surface area (Å²) in [4.78, 5) is 12.0. The van der Waals surface area contributed by atoms with Crippen molar-refractivity contribution in [1.82, 2.24) is 0 Å². The molecule has 0 aromatic heterocycles. The van der Waals surface area contributed by atoms with E-state index < -0.39 is 5.60 Å². The number of hydrogen-bond acceptors (Lipinski definition) is 2. The summed E-state index contributed by atoms with van der Waals surface area (Å²) in [5.74, 6) is -0.298. The lowest BCUT2D eigenvalue weighted by Crippen LogP contribution is -2.29. The first-order valence-electron chi connectivity index (χ1n) is 8.06. The third-order valence-electron chi connectivity index (χ3n) is 4.58. The van der Waals surface area contributed by atoms with Crippen molar-refractivity contribution in [2.75, 3.05) is 0 Å². The maximum atomic E-state index is 12.0. The van der Waals surface area contributed by atoms with Gasteiger partial charge in [-0.25, -0.2) is 0 Å². The van der Waals surface area contributed by atoms with Crippen LogP contribution in [0.4, 0.5) is 0 Å². The summed E-state index contributed by atoms with van der Waals surface area (Å²) in [6.07, 6.45) is 3.26. The van der Waals surface area contributed by atoms with Crippen molar-refractivity contribution in [3.05, 3.63) is 66.2 Å². The second kappa shape index (κ2) is 5.15. The van der Waals surface area contributed by atoms with Gasteiger partial charge in [-0.3, -0.25) is 4.79 Å². The first-order chi connectivity index (χ1) is 11.4. The largest absolute Gasteiger partial charge is 0.382 e. The van der Waals surface area contributed by atoms with Crippen molar-refractivity contribution in [2.24, 2.45) is 0 Å². The van der Waals surface area contributed by atoms with Gasteiger partial charge in [0.2, 0.25) is 0 Å². The molecule has 24 heavy (non-hydrogen) atoms. The van der Waals surface area contributed by atoms with Gasteiger partial charge in [0.05, 0.1) is 0 Å². The van der Waals surface area contributed by atoms with Crippen molar-refractivity contribution in [2.45, 2.75) is 19.4 Å². The number of ketones is 1. The highest BCUT2D eigenvalue weighted by molar-refractivity contribution is 6.24. The molecule has 0 heterocycles. The van der Waals surface area contributed by atoms with E-state index in [1.807, 2.05) is 6.07 Å². The smallest absolute Gasteiger partial charge is 0.186 e. The zero-order valence-corrected chi connectivity index (χ0v) is 13.7. The van der Waals surface area contributed by atoms with Crippen LogP contribution in [-0.2, 0) is 4.79 Å². The fourth-order valence-corrected chi connectivity index (χ4v) is 3.27. The van der Waals surface area contributed by atoms with E-state index in [2.05, 4.69) is 48.5 Å².